The number of nitrogens with zero attached hydrogens (tertiary/aromatic N) is 6. The quantitative estimate of drug-likeness (QED) is 0.461. The molecule has 7 heteroatoms. The summed E-state index contributed by atoms with van der Waals surface area (Å²) in [5.74, 6) is 0.634. The van der Waals surface area contributed by atoms with Gasteiger partial charge in [0.25, 0.3) is 0 Å². The first-order valence-electron chi connectivity index (χ1n) is 6.71. The minimum absolute atomic E-state index is 0.634. The average Bonchev–Trinajstić information content (AvgIpc) is 3.04. The highest BCUT2D eigenvalue weighted by atomic mass is 15.4. The monoisotopic (exact) mass is 289 g/mol. The van der Waals surface area contributed by atoms with Gasteiger partial charge in [0, 0.05) is 17.0 Å². The van der Waals surface area contributed by atoms with E-state index in [9.17, 15) is 0 Å². The lowest BCUT2D eigenvalue weighted by Crippen LogP contribution is -2.00. The summed E-state index contributed by atoms with van der Waals surface area (Å²) >= 11 is 0. The summed E-state index contributed by atoms with van der Waals surface area (Å²) < 4.78 is 1.63. The summed E-state index contributed by atoms with van der Waals surface area (Å²) in [6.45, 7) is 0. The van der Waals surface area contributed by atoms with Gasteiger partial charge in [0.2, 0.25) is 0 Å². The zero-order valence-electron chi connectivity index (χ0n) is 11.5. The molecular weight excluding hydrogens is 278 g/mol. The van der Waals surface area contributed by atoms with E-state index in [1.165, 1.54) is 0 Å². The number of pyridine rings is 1. The molecule has 0 bridgehead atoms. The van der Waals surface area contributed by atoms with E-state index in [2.05, 4.69) is 30.8 Å². The van der Waals surface area contributed by atoms with Gasteiger partial charge in [-0.05, 0) is 12.1 Å². The predicted molar refractivity (Wildman–Crippen MR) is 83.7 cm³/mol. The number of benzene rings is 1. The molecule has 3 heterocycles. The molecule has 7 nitrogen and oxygen atoms in total. The van der Waals surface area contributed by atoms with Crippen LogP contribution in [0.1, 0.15) is 5.69 Å². The number of hydrogen-bond acceptors (Lipinski definition) is 6. The molecule has 0 fully saturated rings. The molecule has 0 unspecified atom stereocenters. The molecule has 0 aliphatic rings. The standard InChI is InChI=1S/C15H11N7/c1-2-7-13-12(6-1)14(21-22-10-18-20-15(13)22)19-17-9-11-5-3-4-8-16-11/h1-10H,(H,19,21)/b17-9-. The molecule has 4 rings (SSSR count). The molecule has 0 saturated heterocycles. The molecule has 0 spiro atoms. The van der Waals surface area contributed by atoms with E-state index >= 15 is 0 Å². The molecule has 4 aromatic rings. The molecule has 22 heavy (non-hydrogen) atoms. The largest absolute Gasteiger partial charge is 0.259 e. The minimum Gasteiger partial charge on any atom is -0.259 e. The van der Waals surface area contributed by atoms with E-state index in [1.807, 2.05) is 42.5 Å². The lowest BCUT2D eigenvalue weighted by molar-refractivity contribution is 0.934. The normalized spacial score (nSPS) is 11.5. The third-order valence-electron chi connectivity index (χ3n) is 3.22. The average molecular weight is 289 g/mol. The van der Waals surface area contributed by atoms with Gasteiger partial charge in [-0.2, -0.15) is 9.62 Å². The summed E-state index contributed by atoms with van der Waals surface area (Å²) in [5, 5.41) is 18.5. The Balaban J connectivity index is 1.75. The van der Waals surface area contributed by atoms with Crippen molar-refractivity contribution < 1.29 is 0 Å². The summed E-state index contributed by atoms with van der Waals surface area (Å²) in [6.07, 6.45) is 4.93. The van der Waals surface area contributed by atoms with Crippen LogP contribution in [0.2, 0.25) is 0 Å². The van der Waals surface area contributed by atoms with Crippen molar-refractivity contribution in [1.29, 1.82) is 0 Å². The maximum atomic E-state index is 4.44. The van der Waals surface area contributed by atoms with Crippen LogP contribution < -0.4 is 5.43 Å². The minimum atomic E-state index is 0.634. The Morgan fingerprint density at radius 2 is 1.91 bits per heavy atom. The SMILES string of the molecule is C(=N/Nc1nn2cnnc2c2ccccc12)/c1ccccn1. The first-order valence-corrected chi connectivity index (χ1v) is 6.71. The molecule has 0 aliphatic heterocycles. The van der Waals surface area contributed by atoms with Gasteiger partial charge < -0.3 is 0 Å². The Hall–Kier alpha value is -3.35. The van der Waals surface area contributed by atoms with E-state index < -0.39 is 0 Å². The van der Waals surface area contributed by atoms with E-state index in [4.69, 9.17) is 0 Å². The number of fused-ring (bicyclic) bond motifs is 3. The molecule has 106 valence electrons. The fraction of sp³-hybridized carbons (Fsp3) is 0. The van der Waals surface area contributed by atoms with Gasteiger partial charge >= 0.3 is 0 Å². The third-order valence-corrected chi connectivity index (χ3v) is 3.22. The van der Waals surface area contributed by atoms with Crippen LogP contribution in [0.3, 0.4) is 0 Å². The van der Waals surface area contributed by atoms with Gasteiger partial charge in [-0.1, -0.05) is 30.3 Å². The Bertz CT molecular complexity index is 959. The van der Waals surface area contributed by atoms with Crippen LogP contribution in [-0.4, -0.2) is 31.0 Å². The zero-order valence-corrected chi connectivity index (χ0v) is 11.5. The second-order valence-corrected chi connectivity index (χ2v) is 4.62. The Labute approximate surface area is 125 Å². The second-order valence-electron chi connectivity index (χ2n) is 4.62. The zero-order chi connectivity index (χ0) is 14.8. The van der Waals surface area contributed by atoms with Crippen molar-refractivity contribution in [2.75, 3.05) is 5.43 Å². The van der Waals surface area contributed by atoms with Crippen molar-refractivity contribution in [2.45, 2.75) is 0 Å². The molecule has 0 atom stereocenters. The first-order chi connectivity index (χ1) is 10.9. The summed E-state index contributed by atoms with van der Waals surface area (Å²) in [5.41, 5.74) is 4.45. The predicted octanol–water partition coefficient (Wildman–Crippen LogP) is 2.12. The summed E-state index contributed by atoms with van der Waals surface area (Å²) in [7, 11) is 0. The van der Waals surface area contributed by atoms with Gasteiger partial charge in [0.1, 0.15) is 6.33 Å². The lowest BCUT2D eigenvalue weighted by Gasteiger charge is -2.05. The third kappa shape index (κ3) is 2.14. The van der Waals surface area contributed by atoms with Gasteiger partial charge in [0.05, 0.1) is 11.9 Å². The van der Waals surface area contributed by atoms with Crippen LogP contribution in [0.4, 0.5) is 5.82 Å². The van der Waals surface area contributed by atoms with Crippen LogP contribution in [0.5, 0.6) is 0 Å². The van der Waals surface area contributed by atoms with Gasteiger partial charge in [-0.15, -0.1) is 15.3 Å². The maximum Gasteiger partial charge on any atom is 0.185 e. The van der Waals surface area contributed by atoms with Crippen LogP contribution in [0.25, 0.3) is 16.4 Å². The molecule has 1 aromatic carbocycles. The highest BCUT2D eigenvalue weighted by Gasteiger charge is 2.08. The highest BCUT2D eigenvalue weighted by Crippen LogP contribution is 2.23. The number of rotatable bonds is 3. The maximum absolute atomic E-state index is 4.44. The van der Waals surface area contributed by atoms with Gasteiger partial charge in [-0.3, -0.25) is 10.4 Å². The van der Waals surface area contributed by atoms with Crippen LogP contribution >= 0.6 is 0 Å². The van der Waals surface area contributed by atoms with Crippen molar-refractivity contribution >= 4 is 28.5 Å². The summed E-state index contributed by atoms with van der Waals surface area (Å²) in [4.78, 5) is 4.18. The van der Waals surface area contributed by atoms with Crippen molar-refractivity contribution in [3.63, 3.8) is 0 Å². The van der Waals surface area contributed by atoms with Crippen molar-refractivity contribution in [1.82, 2.24) is 24.8 Å². The topological polar surface area (TPSA) is 80.4 Å². The van der Waals surface area contributed by atoms with Gasteiger partial charge in [-0.25, -0.2) is 0 Å². The van der Waals surface area contributed by atoms with Gasteiger partial charge in [0.15, 0.2) is 11.5 Å². The Morgan fingerprint density at radius 3 is 2.77 bits per heavy atom. The lowest BCUT2D eigenvalue weighted by atomic mass is 10.2. The van der Waals surface area contributed by atoms with Crippen LogP contribution in [0, 0.1) is 0 Å². The summed E-state index contributed by atoms with van der Waals surface area (Å²) in [6, 6.07) is 13.5. The number of hydrogen-bond donors (Lipinski definition) is 1. The smallest absolute Gasteiger partial charge is 0.185 e. The van der Waals surface area contributed by atoms with Crippen LogP contribution in [-0.2, 0) is 0 Å². The van der Waals surface area contributed by atoms with Crippen LogP contribution in [0.15, 0.2) is 60.1 Å². The first kappa shape index (κ1) is 12.4. The molecule has 0 radical (unpaired) electrons. The number of aromatic nitrogens is 5. The number of hydrazone groups is 1. The molecule has 0 amide bonds. The Morgan fingerprint density at radius 1 is 1.05 bits per heavy atom. The van der Waals surface area contributed by atoms with E-state index in [0.29, 0.717) is 5.82 Å². The molecular formula is C15H11N7. The number of anilines is 1. The Kier molecular flexibility index (Phi) is 2.93. The van der Waals surface area contributed by atoms with Crippen molar-refractivity contribution in [2.24, 2.45) is 5.10 Å². The number of nitrogens with one attached hydrogen (secondary N) is 1. The van der Waals surface area contributed by atoms with Crippen molar-refractivity contribution in [3.05, 3.63) is 60.7 Å². The highest BCUT2D eigenvalue weighted by molar-refractivity contribution is 5.99. The molecule has 0 saturated carbocycles. The van der Waals surface area contributed by atoms with Crippen molar-refractivity contribution in [3.8, 4) is 0 Å². The van der Waals surface area contributed by atoms with E-state index in [-0.39, 0.29) is 0 Å². The molecule has 3 aromatic heterocycles. The fourth-order valence-corrected chi connectivity index (χ4v) is 2.22. The fourth-order valence-electron chi connectivity index (χ4n) is 2.22. The van der Waals surface area contributed by atoms with E-state index in [1.54, 1.807) is 23.3 Å². The second kappa shape index (κ2) is 5.21. The van der Waals surface area contributed by atoms with E-state index in [0.717, 1.165) is 22.1 Å². The molecule has 0 aliphatic carbocycles. The molecule has 1 N–H and O–H groups in total.